The number of carbonyl (C=O) groups is 1. The van der Waals surface area contributed by atoms with Crippen LogP contribution in [0.25, 0.3) is 11.4 Å². The van der Waals surface area contributed by atoms with Gasteiger partial charge in [0.05, 0.1) is 11.3 Å². The number of benzene rings is 1. The molecule has 4 bridgehead atoms. The van der Waals surface area contributed by atoms with E-state index >= 15 is 0 Å². The molecule has 0 aliphatic heterocycles. The predicted octanol–water partition coefficient (Wildman–Crippen LogP) is 3.22. The van der Waals surface area contributed by atoms with Crippen molar-refractivity contribution in [3.8, 4) is 11.4 Å². The van der Waals surface area contributed by atoms with Crippen molar-refractivity contribution in [2.24, 2.45) is 23.2 Å². The van der Waals surface area contributed by atoms with Gasteiger partial charge in [0, 0.05) is 6.54 Å². The first-order chi connectivity index (χ1) is 14.0. The van der Waals surface area contributed by atoms with E-state index in [1.165, 1.54) is 61.0 Å². The summed E-state index contributed by atoms with van der Waals surface area (Å²) in [5.74, 6) is 8.72. The summed E-state index contributed by atoms with van der Waals surface area (Å²) in [5, 5.41) is 11.6. The zero-order chi connectivity index (χ0) is 20.0. The van der Waals surface area contributed by atoms with E-state index in [1.807, 2.05) is 0 Å². The predicted molar refractivity (Wildman–Crippen MR) is 110 cm³/mol. The maximum atomic E-state index is 14.0. The third-order valence-corrected chi connectivity index (χ3v) is 7.88. The largest absolute Gasteiger partial charge is 0.355 e. The number of hydrogen-bond acceptors (Lipinski definition) is 5. The van der Waals surface area contributed by atoms with Gasteiger partial charge in [-0.2, -0.15) is 0 Å². The number of hydrogen-bond donors (Lipinski definition) is 2. The van der Waals surface area contributed by atoms with Gasteiger partial charge in [-0.3, -0.25) is 4.79 Å². The van der Waals surface area contributed by atoms with Crippen molar-refractivity contribution in [1.82, 2.24) is 20.2 Å². The molecule has 0 saturated heterocycles. The van der Waals surface area contributed by atoms with E-state index in [9.17, 15) is 9.18 Å². The van der Waals surface area contributed by atoms with E-state index in [0.29, 0.717) is 16.1 Å². The lowest BCUT2D eigenvalue weighted by atomic mass is 9.49. The van der Waals surface area contributed by atoms with Crippen molar-refractivity contribution < 1.29 is 9.18 Å². The number of thioether (sulfide) groups is 1. The van der Waals surface area contributed by atoms with Gasteiger partial charge in [-0.1, -0.05) is 23.9 Å². The van der Waals surface area contributed by atoms with Gasteiger partial charge in [-0.25, -0.2) is 9.07 Å². The number of nitrogen functional groups attached to an aromatic ring is 1. The van der Waals surface area contributed by atoms with Gasteiger partial charge in [0.25, 0.3) is 0 Å². The Morgan fingerprint density at radius 1 is 1.17 bits per heavy atom. The maximum Gasteiger partial charge on any atom is 0.230 e. The Balaban J connectivity index is 1.17. The molecular weight excluding hydrogens is 389 g/mol. The van der Waals surface area contributed by atoms with Gasteiger partial charge in [0.2, 0.25) is 11.1 Å². The van der Waals surface area contributed by atoms with Crippen LogP contribution in [-0.2, 0) is 4.79 Å². The van der Waals surface area contributed by atoms with Crippen LogP contribution in [0, 0.1) is 29.0 Å². The zero-order valence-corrected chi connectivity index (χ0v) is 17.1. The molecule has 6 rings (SSSR count). The smallest absolute Gasteiger partial charge is 0.230 e. The van der Waals surface area contributed by atoms with Crippen LogP contribution in [0.2, 0.25) is 0 Å². The molecule has 2 aromatic rings. The second-order valence-corrected chi connectivity index (χ2v) is 10.1. The summed E-state index contributed by atoms with van der Waals surface area (Å²) in [6.45, 7) is 0.783. The molecule has 0 unspecified atom stereocenters. The summed E-state index contributed by atoms with van der Waals surface area (Å²) in [6.07, 6.45) is 8.03. The lowest BCUT2D eigenvalue weighted by molar-refractivity contribution is -0.120. The quantitative estimate of drug-likeness (QED) is 0.559. The number of nitrogens with zero attached hydrogens (tertiary/aromatic N) is 3. The fourth-order valence-electron chi connectivity index (χ4n) is 6.18. The molecule has 8 heteroatoms. The highest BCUT2D eigenvalue weighted by Crippen LogP contribution is 2.59. The number of nitrogens with two attached hydrogens (primary N) is 1. The number of nitrogens with one attached hydrogen (secondary N) is 1. The number of aromatic nitrogens is 3. The third kappa shape index (κ3) is 3.63. The first-order valence-electron chi connectivity index (χ1n) is 10.4. The first kappa shape index (κ1) is 18.9. The van der Waals surface area contributed by atoms with E-state index in [1.54, 1.807) is 18.2 Å². The highest BCUT2D eigenvalue weighted by atomic mass is 32.2. The van der Waals surface area contributed by atoms with Crippen LogP contribution in [0.3, 0.4) is 0 Å². The molecule has 1 heterocycles. The van der Waals surface area contributed by atoms with Gasteiger partial charge >= 0.3 is 0 Å². The monoisotopic (exact) mass is 415 g/mol. The van der Waals surface area contributed by atoms with Crippen molar-refractivity contribution in [2.45, 2.75) is 43.7 Å². The molecule has 154 valence electrons. The standard InChI is InChI=1S/C21H26FN5OS/c22-17-4-2-1-3-16(17)19-25-26-20(27(19)23)29-11-18(28)24-12-21-8-13-5-14(9-21)7-15(6-13)10-21/h1-4,13-15H,5-12,23H2,(H,24,28). The van der Waals surface area contributed by atoms with Crippen molar-refractivity contribution in [1.29, 1.82) is 0 Å². The lowest BCUT2D eigenvalue weighted by Gasteiger charge is -2.56. The second-order valence-electron chi connectivity index (χ2n) is 9.14. The number of rotatable bonds is 6. The summed E-state index contributed by atoms with van der Waals surface area (Å²) in [7, 11) is 0. The van der Waals surface area contributed by atoms with Crippen LogP contribution in [0.5, 0.6) is 0 Å². The van der Waals surface area contributed by atoms with Crippen molar-refractivity contribution in [3.05, 3.63) is 30.1 Å². The van der Waals surface area contributed by atoms with Crippen LogP contribution in [0.4, 0.5) is 4.39 Å². The van der Waals surface area contributed by atoms with E-state index < -0.39 is 5.82 Å². The van der Waals surface area contributed by atoms with E-state index in [-0.39, 0.29) is 17.5 Å². The third-order valence-electron chi connectivity index (χ3n) is 6.94. The van der Waals surface area contributed by atoms with E-state index in [4.69, 9.17) is 5.84 Å². The highest BCUT2D eigenvalue weighted by Gasteiger charge is 2.50. The lowest BCUT2D eigenvalue weighted by Crippen LogP contribution is -2.51. The van der Waals surface area contributed by atoms with Crippen LogP contribution >= 0.6 is 11.8 Å². The Kier molecular flexibility index (Phi) is 4.76. The van der Waals surface area contributed by atoms with Gasteiger partial charge in [-0.05, 0) is 73.8 Å². The molecule has 29 heavy (non-hydrogen) atoms. The maximum absolute atomic E-state index is 14.0. The molecule has 4 aliphatic rings. The Morgan fingerprint density at radius 3 is 2.48 bits per heavy atom. The van der Waals surface area contributed by atoms with E-state index in [2.05, 4.69) is 15.5 Å². The van der Waals surface area contributed by atoms with Crippen LogP contribution in [0.15, 0.2) is 29.4 Å². The molecule has 1 aromatic heterocycles. The van der Waals surface area contributed by atoms with Gasteiger partial charge in [-0.15, -0.1) is 10.2 Å². The molecule has 1 aromatic carbocycles. The summed E-state index contributed by atoms with van der Waals surface area (Å²) >= 11 is 1.22. The van der Waals surface area contributed by atoms with Gasteiger partial charge < -0.3 is 11.2 Å². The summed E-state index contributed by atoms with van der Waals surface area (Å²) in [5.41, 5.74) is 0.613. The normalized spacial score (nSPS) is 29.9. The van der Waals surface area contributed by atoms with E-state index in [0.717, 1.165) is 24.3 Å². The van der Waals surface area contributed by atoms with Gasteiger partial charge in [0.15, 0.2) is 5.82 Å². The molecule has 4 fully saturated rings. The van der Waals surface area contributed by atoms with Crippen molar-refractivity contribution in [2.75, 3.05) is 18.1 Å². The Hall–Kier alpha value is -2.09. The fraction of sp³-hybridized carbons (Fsp3) is 0.571. The van der Waals surface area contributed by atoms with Crippen LogP contribution < -0.4 is 11.2 Å². The topological polar surface area (TPSA) is 85.8 Å². The molecular formula is C21H26FN5OS. The molecule has 4 aliphatic carbocycles. The second kappa shape index (κ2) is 7.31. The number of amides is 1. The Morgan fingerprint density at radius 2 is 1.83 bits per heavy atom. The van der Waals surface area contributed by atoms with Crippen LogP contribution in [0.1, 0.15) is 38.5 Å². The molecule has 1 amide bonds. The van der Waals surface area contributed by atoms with Gasteiger partial charge in [0.1, 0.15) is 5.82 Å². The molecule has 0 spiro atoms. The molecule has 6 nitrogen and oxygen atoms in total. The minimum Gasteiger partial charge on any atom is -0.355 e. The summed E-state index contributed by atoms with van der Waals surface area (Å²) in [4.78, 5) is 12.5. The van der Waals surface area contributed by atoms with Crippen molar-refractivity contribution >= 4 is 17.7 Å². The molecule has 0 radical (unpaired) electrons. The SMILES string of the molecule is Nn1c(SCC(=O)NCC23CC4CC(CC(C4)C2)C3)nnc1-c1ccccc1F. The number of carbonyl (C=O) groups excluding carboxylic acids is 1. The molecule has 3 N–H and O–H groups in total. The average Bonchev–Trinajstić information content (AvgIpc) is 3.04. The first-order valence-corrected chi connectivity index (χ1v) is 11.3. The summed E-state index contributed by atoms with van der Waals surface area (Å²) in [6, 6.07) is 6.29. The highest BCUT2D eigenvalue weighted by molar-refractivity contribution is 7.99. The average molecular weight is 416 g/mol. The number of halogens is 1. The Bertz CT molecular complexity index is 894. The molecule has 0 atom stereocenters. The fourth-order valence-corrected chi connectivity index (χ4v) is 6.86. The minimum atomic E-state index is -0.406. The van der Waals surface area contributed by atoms with Crippen LogP contribution in [-0.4, -0.2) is 33.1 Å². The Labute approximate surface area is 173 Å². The molecule has 4 saturated carbocycles. The van der Waals surface area contributed by atoms with Crippen molar-refractivity contribution in [3.63, 3.8) is 0 Å². The summed E-state index contributed by atoms with van der Waals surface area (Å²) < 4.78 is 15.2. The zero-order valence-electron chi connectivity index (χ0n) is 16.3. The minimum absolute atomic E-state index is 0.0128.